The average molecular weight is 228 g/mol. The van der Waals surface area contributed by atoms with E-state index in [9.17, 15) is 0 Å². The van der Waals surface area contributed by atoms with Gasteiger partial charge in [-0.1, -0.05) is 0 Å². The molecule has 1 aromatic heterocycles. The SMILES string of the molecule is N#Cc1ccc(N2CCN(C3CC3)CC2)cn1. The Hall–Kier alpha value is -1.60. The highest BCUT2D eigenvalue weighted by Crippen LogP contribution is 2.28. The molecule has 0 spiro atoms. The molecule has 1 aliphatic carbocycles. The van der Waals surface area contributed by atoms with Gasteiger partial charge >= 0.3 is 0 Å². The molecule has 4 nitrogen and oxygen atoms in total. The molecule has 4 heteroatoms. The first-order valence-corrected chi connectivity index (χ1v) is 6.22. The number of nitrogens with zero attached hydrogens (tertiary/aromatic N) is 4. The van der Waals surface area contributed by atoms with Crippen LogP contribution in [0, 0.1) is 11.3 Å². The van der Waals surface area contributed by atoms with E-state index in [1.807, 2.05) is 18.3 Å². The number of piperazine rings is 1. The summed E-state index contributed by atoms with van der Waals surface area (Å²) in [6.45, 7) is 4.46. The summed E-state index contributed by atoms with van der Waals surface area (Å²) in [6, 6.07) is 6.71. The summed E-state index contributed by atoms with van der Waals surface area (Å²) in [5.74, 6) is 0. The molecule has 3 rings (SSSR count). The lowest BCUT2D eigenvalue weighted by Gasteiger charge is -2.36. The van der Waals surface area contributed by atoms with Crippen molar-refractivity contribution < 1.29 is 0 Å². The van der Waals surface area contributed by atoms with Gasteiger partial charge in [-0.2, -0.15) is 5.26 Å². The maximum absolute atomic E-state index is 8.71. The summed E-state index contributed by atoms with van der Waals surface area (Å²) in [5, 5.41) is 8.71. The van der Waals surface area contributed by atoms with Gasteiger partial charge < -0.3 is 4.90 Å². The zero-order valence-corrected chi connectivity index (χ0v) is 9.84. The Morgan fingerprint density at radius 1 is 1.18 bits per heavy atom. The van der Waals surface area contributed by atoms with E-state index in [1.165, 1.54) is 12.8 Å². The van der Waals surface area contributed by atoms with Crippen LogP contribution in [0.25, 0.3) is 0 Å². The number of rotatable bonds is 2. The lowest BCUT2D eigenvalue weighted by Crippen LogP contribution is -2.47. The Labute approximate surface area is 101 Å². The zero-order chi connectivity index (χ0) is 11.7. The Kier molecular flexibility index (Phi) is 2.69. The van der Waals surface area contributed by atoms with Crippen molar-refractivity contribution in [3.8, 4) is 6.07 Å². The van der Waals surface area contributed by atoms with Crippen LogP contribution in [0.5, 0.6) is 0 Å². The molecule has 2 heterocycles. The molecule has 0 aromatic carbocycles. The predicted octanol–water partition coefficient (Wildman–Crippen LogP) is 1.24. The van der Waals surface area contributed by atoms with Crippen molar-refractivity contribution in [2.45, 2.75) is 18.9 Å². The van der Waals surface area contributed by atoms with E-state index in [1.54, 1.807) is 6.07 Å². The van der Waals surface area contributed by atoms with E-state index in [0.717, 1.165) is 37.9 Å². The summed E-state index contributed by atoms with van der Waals surface area (Å²) >= 11 is 0. The van der Waals surface area contributed by atoms with Crippen molar-refractivity contribution in [2.75, 3.05) is 31.1 Å². The van der Waals surface area contributed by atoms with E-state index < -0.39 is 0 Å². The second-order valence-electron chi connectivity index (χ2n) is 4.77. The Morgan fingerprint density at radius 3 is 2.47 bits per heavy atom. The molecule has 1 saturated carbocycles. The second-order valence-corrected chi connectivity index (χ2v) is 4.77. The summed E-state index contributed by atoms with van der Waals surface area (Å²) < 4.78 is 0. The van der Waals surface area contributed by atoms with Crippen LogP contribution < -0.4 is 4.90 Å². The van der Waals surface area contributed by atoms with Gasteiger partial charge in [0.2, 0.25) is 0 Å². The van der Waals surface area contributed by atoms with E-state index >= 15 is 0 Å². The molecule has 1 aromatic rings. The molecule has 0 amide bonds. The Morgan fingerprint density at radius 2 is 1.94 bits per heavy atom. The second kappa shape index (κ2) is 4.34. The highest BCUT2D eigenvalue weighted by atomic mass is 15.3. The molecule has 1 aliphatic heterocycles. The Balaban J connectivity index is 1.63. The summed E-state index contributed by atoms with van der Waals surface area (Å²) in [7, 11) is 0. The van der Waals surface area contributed by atoms with Gasteiger partial charge in [0.1, 0.15) is 11.8 Å². The number of hydrogen-bond donors (Lipinski definition) is 0. The molecule has 88 valence electrons. The van der Waals surface area contributed by atoms with Gasteiger partial charge in [-0.3, -0.25) is 4.90 Å². The van der Waals surface area contributed by atoms with Crippen molar-refractivity contribution >= 4 is 5.69 Å². The molecule has 0 radical (unpaired) electrons. The third-order valence-electron chi connectivity index (χ3n) is 3.61. The lowest BCUT2D eigenvalue weighted by molar-refractivity contribution is 0.248. The molecule has 2 aliphatic rings. The summed E-state index contributed by atoms with van der Waals surface area (Å²) in [5.41, 5.74) is 1.63. The monoisotopic (exact) mass is 228 g/mol. The molecule has 0 bridgehead atoms. The first-order chi connectivity index (χ1) is 8.36. The van der Waals surface area contributed by atoms with Gasteiger partial charge in [-0.15, -0.1) is 0 Å². The van der Waals surface area contributed by atoms with Gasteiger partial charge in [0.15, 0.2) is 0 Å². The van der Waals surface area contributed by atoms with Crippen molar-refractivity contribution in [1.82, 2.24) is 9.88 Å². The van der Waals surface area contributed by atoms with Crippen molar-refractivity contribution in [1.29, 1.82) is 5.26 Å². The number of hydrogen-bond acceptors (Lipinski definition) is 4. The molecular formula is C13H16N4. The summed E-state index contributed by atoms with van der Waals surface area (Å²) in [6.07, 6.45) is 4.59. The topological polar surface area (TPSA) is 43.2 Å². The third-order valence-corrected chi connectivity index (χ3v) is 3.61. The first kappa shape index (κ1) is 10.5. The molecule has 0 unspecified atom stereocenters. The van der Waals surface area contributed by atoms with E-state index in [-0.39, 0.29) is 0 Å². The molecule has 0 N–H and O–H groups in total. The number of anilines is 1. The van der Waals surface area contributed by atoms with Crippen LogP contribution in [0.1, 0.15) is 18.5 Å². The smallest absolute Gasteiger partial charge is 0.140 e. The molecule has 1 saturated heterocycles. The maximum atomic E-state index is 8.71. The van der Waals surface area contributed by atoms with Gasteiger partial charge in [0.25, 0.3) is 0 Å². The van der Waals surface area contributed by atoms with Gasteiger partial charge in [0.05, 0.1) is 11.9 Å². The van der Waals surface area contributed by atoms with E-state index in [4.69, 9.17) is 5.26 Å². The zero-order valence-electron chi connectivity index (χ0n) is 9.84. The molecule has 17 heavy (non-hydrogen) atoms. The highest BCUT2D eigenvalue weighted by Gasteiger charge is 2.31. The van der Waals surface area contributed by atoms with Gasteiger partial charge in [-0.25, -0.2) is 4.98 Å². The van der Waals surface area contributed by atoms with Crippen LogP contribution >= 0.6 is 0 Å². The van der Waals surface area contributed by atoms with Crippen LogP contribution in [0.15, 0.2) is 18.3 Å². The van der Waals surface area contributed by atoms with Crippen molar-refractivity contribution in [3.05, 3.63) is 24.0 Å². The minimum Gasteiger partial charge on any atom is -0.368 e. The number of aromatic nitrogens is 1. The van der Waals surface area contributed by atoms with Crippen LogP contribution in [0.3, 0.4) is 0 Å². The average Bonchev–Trinajstić information content (AvgIpc) is 3.24. The van der Waals surface area contributed by atoms with Crippen LogP contribution in [-0.4, -0.2) is 42.1 Å². The lowest BCUT2D eigenvalue weighted by atomic mass is 10.2. The van der Waals surface area contributed by atoms with E-state index in [0.29, 0.717) is 5.69 Å². The fourth-order valence-electron chi connectivity index (χ4n) is 2.42. The number of nitriles is 1. The third kappa shape index (κ3) is 2.25. The Bertz CT molecular complexity index is 422. The minimum absolute atomic E-state index is 0.491. The minimum atomic E-state index is 0.491. The van der Waals surface area contributed by atoms with E-state index in [2.05, 4.69) is 14.8 Å². The quantitative estimate of drug-likeness (QED) is 0.764. The van der Waals surface area contributed by atoms with Crippen LogP contribution in [0.2, 0.25) is 0 Å². The fraction of sp³-hybridized carbons (Fsp3) is 0.538. The van der Waals surface area contributed by atoms with Crippen molar-refractivity contribution in [2.24, 2.45) is 0 Å². The molecule has 2 fully saturated rings. The normalized spacial score (nSPS) is 21.2. The maximum Gasteiger partial charge on any atom is 0.140 e. The first-order valence-electron chi connectivity index (χ1n) is 6.22. The van der Waals surface area contributed by atoms with Crippen molar-refractivity contribution in [3.63, 3.8) is 0 Å². The van der Waals surface area contributed by atoms with Crippen LogP contribution in [-0.2, 0) is 0 Å². The van der Waals surface area contributed by atoms with Crippen LogP contribution in [0.4, 0.5) is 5.69 Å². The fourth-order valence-corrected chi connectivity index (χ4v) is 2.42. The number of pyridine rings is 1. The molecule has 0 atom stereocenters. The van der Waals surface area contributed by atoms with Gasteiger partial charge in [0, 0.05) is 32.2 Å². The van der Waals surface area contributed by atoms with Gasteiger partial charge in [-0.05, 0) is 25.0 Å². The highest BCUT2D eigenvalue weighted by molar-refractivity contribution is 5.46. The summed E-state index contributed by atoms with van der Waals surface area (Å²) in [4.78, 5) is 9.07. The standard InChI is InChI=1S/C13H16N4/c14-9-11-1-2-13(10-15-11)17-7-5-16(6-8-17)12-3-4-12/h1-2,10,12H,3-8H2. The largest absolute Gasteiger partial charge is 0.368 e. The molecular weight excluding hydrogens is 212 g/mol. The predicted molar refractivity (Wildman–Crippen MR) is 65.8 cm³/mol.